The predicted octanol–water partition coefficient (Wildman–Crippen LogP) is 3.40. The summed E-state index contributed by atoms with van der Waals surface area (Å²) in [5, 5.41) is 3.17. The second-order valence-electron chi connectivity index (χ2n) is 4.70. The average molecular weight is 325 g/mol. The van der Waals surface area contributed by atoms with Crippen LogP contribution in [0.2, 0.25) is 0 Å². The van der Waals surface area contributed by atoms with Crippen molar-refractivity contribution in [2.24, 2.45) is 0 Å². The van der Waals surface area contributed by atoms with Gasteiger partial charge in [-0.25, -0.2) is 4.39 Å². The molecule has 0 spiro atoms. The largest absolute Gasteiger partial charge is 0.419 e. The molecule has 1 heterocycles. The molecule has 1 atom stereocenters. The summed E-state index contributed by atoms with van der Waals surface area (Å²) >= 11 is 0. The Balaban J connectivity index is 0.00000220. The fourth-order valence-corrected chi connectivity index (χ4v) is 2.40. The molecule has 2 nitrogen and oxygen atoms in total. The number of nitrogens with zero attached hydrogens (tertiary/aromatic N) is 1. The smallest absolute Gasteiger partial charge is 0.314 e. The molecule has 1 N–H and O–H groups in total. The van der Waals surface area contributed by atoms with Crippen LogP contribution in [0.5, 0.6) is 0 Å². The molecule has 2 rings (SSSR count). The number of halogens is 5. The molecule has 1 fully saturated rings. The number of benzene rings is 1. The Morgan fingerprint density at radius 3 is 2.38 bits per heavy atom. The summed E-state index contributed by atoms with van der Waals surface area (Å²) in [7, 11) is 0. The number of piperazine rings is 1. The molecule has 1 aromatic carbocycles. The number of alkyl halides is 3. The van der Waals surface area contributed by atoms with Crippen LogP contribution < -0.4 is 5.32 Å². The van der Waals surface area contributed by atoms with Crippen molar-refractivity contribution < 1.29 is 17.6 Å². The first-order valence-corrected chi connectivity index (χ1v) is 6.37. The zero-order valence-electron chi connectivity index (χ0n) is 11.3. The van der Waals surface area contributed by atoms with Gasteiger partial charge in [0.15, 0.2) is 0 Å². The second-order valence-corrected chi connectivity index (χ2v) is 4.70. The molecule has 1 aliphatic heterocycles. The van der Waals surface area contributed by atoms with Gasteiger partial charge in [0.25, 0.3) is 0 Å². The van der Waals surface area contributed by atoms with Crippen molar-refractivity contribution in [3.63, 3.8) is 0 Å². The van der Waals surface area contributed by atoms with E-state index < -0.39 is 17.6 Å². The minimum Gasteiger partial charge on any atom is -0.314 e. The molecule has 1 saturated heterocycles. The Kier molecular flexibility index (Phi) is 6.19. The van der Waals surface area contributed by atoms with E-state index in [1.807, 2.05) is 4.90 Å². The summed E-state index contributed by atoms with van der Waals surface area (Å²) in [5.41, 5.74) is -0.812. The highest BCUT2D eigenvalue weighted by molar-refractivity contribution is 5.85. The number of rotatable bonds is 3. The fraction of sp³-hybridized carbons (Fsp3) is 0.429. The monoisotopic (exact) mass is 324 g/mol. The standard InChI is InChI=1S/C14H16F4N2.ClH/c1-2-13(20-7-5-19-6-8-20)10-3-4-12(15)11(9-10)14(16,17)18;/h2-4,9,13,19H,1,5-8H2;1H/t13-;/m0./s1. The maximum Gasteiger partial charge on any atom is 0.419 e. The first kappa shape index (κ1) is 17.9. The lowest BCUT2D eigenvalue weighted by Gasteiger charge is -2.33. The van der Waals surface area contributed by atoms with Crippen LogP contribution in [0, 0.1) is 5.82 Å². The van der Waals surface area contributed by atoms with Crippen LogP contribution >= 0.6 is 12.4 Å². The Labute approximate surface area is 127 Å². The van der Waals surface area contributed by atoms with E-state index >= 15 is 0 Å². The van der Waals surface area contributed by atoms with E-state index in [2.05, 4.69) is 11.9 Å². The lowest BCUT2D eigenvalue weighted by Crippen LogP contribution is -2.44. The van der Waals surface area contributed by atoms with Crippen LogP contribution in [0.1, 0.15) is 17.2 Å². The predicted molar refractivity (Wildman–Crippen MR) is 76.0 cm³/mol. The van der Waals surface area contributed by atoms with Crippen LogP contribution in [0.4, 0.5) is 17.6 Å². The fourth-order valence-electron chi connectivity index (χ4n) is 2.40. The van der Waals surface area contributed by atoms with E-state index in [-0.39, 0.29) is 18.4 Å². The first-order chi connectivity index (χ1) is 9.43. The van der Waals surface area contributed by atoms with Gasteiger partial charge in [-0.3, -0.25) is 4.90 Å². The molecule has 0 saturated carbocycles. The van der Waals surface area contributed by atoms with Gasteiger partial charge in [0, 0.05) is 26.2 Å². The average Bonchev–Trinajstić information content (AvgIpc) is 2.41. The Morgan fingerprint density at radius 1 is 1.24 bits per heavy atom. The summed E-state index contributed by atoms with van der Waals surface area (Å²) in [4.78, 5) is 2.02. The van der Waals surface area contributed by atoms with Gasteiger partial charge in [-0.15, -0.1) is 19.0 Å². The maximum atomic E-state index is 13.3. The highest BCUT2D eigenvalue weighted by atomic mass is 35.5. The summed E-state index contributed by atoms with van der Waals surface area (Å²) < 4.78 is 51.6. The van der Waals surface area contributed by atoms with E-state index in [1.165, 1.54) is 6.07 Å². The van der Waals surface area contributed by atoms with E-state index in [9.17, 15) is 17.6 Å². The minimum absolute atomic E-state index is 0. The Hall–Kier alpha value is -1.11. The molecule has 0 unspecified atom stereocenters. The Morgan fingerprint density at radius 2 is 1.86 bits per heavy atom. The number of hydrogen-bond acceptors (Lipinski definition) is 2. The van der Waals surface area contributed by atoms with Gasteiger partial charge in [0.05, 0.1) is 11.6 Å². The van der Waals surface area contributed by atoms with Gasteiger partial charge >= 0.3 is 6.18 Å². The number of hydrogen-bond donors (Lipinski definition) is 1. The van der Waals surface area contributed by atoms with Crippen LogP contribution in [0.25, 0.3) is 0 Å². The molecular weight excluding hydrogens is 308 g/mol. The summed E-state index contributed by atoms with van der Waals surface area (Å²) in [6, 6.07) is 2.80. The van der Waals surface area contributed by atoms with E-state index in [0.29, 0.717) is 5.56 Å². The normalized spacial score (nSPS) is 17.9. The third-order valence-corrected chi connectivity index (χ3v) is 3.41. The molecule has 7 heteroatoms. The Bertz CT molecular complexity index is 484. The lowest BCUT2D eigenvalue weighted by molar-refractivity contribution is -0.140. The zero-order valence-corrected chi connectivity index (χ0v) is 12.1. The molecule has 1 aromatic rings. The topological polar surface area (TPSA) is 15.3 Å². The van der Waals surface area contributed by atoms with Crippen molar-refractivity contribution >= 4 is 12.4 Å². The van der Waals surface area contributed by atoms with Crippen molar-refractivity contribution in [2.45, 2.75) is 12.2 Å². The molecule has 0 aromatic heterocycles. The van der Waals surface area contributed by atoms with E-state index in [4.69, 9.17) is 0 Å². The number of nitrogens with one attached hydrogen (secondary N) is 1. The molecular formula is C14H17ClF4N2. The van der Waals surface area contributed by atoms with Gasteiger partial charge in [0.2, 0.25) is 0 Å². The molecule has 21 heavy (non-hydrogen) atoms. The molecule has 0 aliphatic carbocycles. The van der Waals surface area contributed by atoms with Gasteiger partial charge in [-0.2, -0.15) is 13.2 Å². The molecule has 0 radical (unpaired) electrons. The molecule has 0 amide bonds. The highest BCUT2D eigenvalue weighted by Crippen LogP contribution is 2.34. The summed E-state index contributed by atoms with van der Waals surface area (Å²) in [5.74, 6) is -1.25. The van der Waals surface area contributed by atoms with Crippen molar-refractivity contribution in [3.8, 4) is 0 Å². The van der Waals surface area contributed by atoms with E-state index in [0.717, 1.165) is 38.3 Å². The third-order valence-electron chi connectivity index (χ3n) is 3.41. The maximum absolute atomic E-state index is 13.3. The van der Waals surface area contributed by atoms with Crippen molar-refractivity contribution in [2.75, 3.05) is 26.2 Å². The van der Waals surface area contributed by atoms with E-state index in [1.54, 1.807) is 6.08 Å². The third kappa shape index (κ3) is 4.18. The van der Waals surface area contributed by atoms with Gasteiger partial charge in [-0.1, -0.05) is 12.1 Å². The quantitative estimate of drug-likeness (QED) is 0.677. The van der Waals surface area contributed by atoms with Crippen LogP contribution in [0.15, 0.2) is 30.9 Å². The van der Waals surface area contributed by atoms with Crippen molar-refractivity contribution in [1.29, 1.82) is 0 Å². The lowest BCUT2D eigenvalue weighted by atomic mass is 10.0. The first-order valence-electron chi connectivity index (χ1n) is 6.37. The van der Waals surface area contributed by atoms with Gasteiger partial charge in [0.1, 0.15) is 5.82 Å². The summed E-state index contributed by atoms with van der Waals surface area (Å²) in [6.45, 7) is 6.68. The highest BCUT2D eigenvalue weighted by Gasteiger charge is 2.35. The zero-order chi connectivity index (χ0) is 14.8. The van der Waals surface area contributed by atoms with Crippen LogP contribution in [-0.4, -0.2) is 31.1 Å². The summed E-state index contributed by atoms with van der Waals surface area (Å²) in [6.07, 6.45) is -3.09. The molecule has 1 aliphatic rings. The minimum atomic E-state index is -4.69. The second kappa shape index (κ2) is 7.24. The SMILES string of the molecule is C=C[C@@H](c1ccc(F)c(C(F)(F)F)c1)N1CCNCC1.Cl. The van der Waals surface area contributed by atoms with Gasteiger partial charge < -0.3 is 5.32 Å². The van der Waals surface area contributed by atoms with Crippen molar-refractivity contribution in [1.82, 2.24) is 10.2 Å². The van der Waals surface area contributed by atoms with Crippen LogP contribution in [0.3, 0.4) is 0 Å². The van der Waals surface area contributed by atoms with Gasteiger partial charge in [-0.05, 0) is 17.7 Å². The molecule has 0 bridgehead atoms. The van der Waals surface area contributed by atoms with Crippen molar-refractivity contribution in [3.05, 3.63) is 47.8 Å². The molecule has 118 valence electrons. The van der Waals surface area contributed by atoms with Crippen LogP contribution in [-0.2, 0) is 6.18 Å².